The van der Waals surface area contributed by atoms with E-state index in [9.17, 15) is 4.79 Å². The van der Waals surface area contributed by atoms with E-state index < -0.39 is 0 Å². The summed E-state index contributed by atoms with van der Waals surface area (Å²) >= 11 is 3.42. The molecule has 2 aromatic rings. The molecule has 0 spiro atoms. The zero-order valence-corrected chi connectivity index (χ0v) is 13.8. The fourth-order valence-corrected chi connectivity index (χ4v) is 2.46. The molecular formula is C17H16BrN3O. The monoisotopic (exact) mass is 357 g/mol. The van der Waals surface area contributed by atoms with Gasteiger partial charge in [0.15, 0.2) is 0 Å². The molecule has 0 saturated carbocycles. The summed E-state index contributed by atoms with van der Waals surface area (Å²) < 4.78 is 1.04. The van der Waals surface area contributed by atoms with Crippen LogP contribution in [0.3, 0.4) is 0 Å². The molecule has 2 N–H and O–H groups in total. The van der Waals surface area contributed by atoms with Crippen LogP contribution in [0, 0.1) is 18.3 Å². The first-order valence-electron chi connectivity index (χ1n) is 6.88. The first kappa shape index (κ1) is 16.1. The zero-order chi connectivity index (χ0) is 15.9. The minimum absolute atomic E-state index is 0.0630. The van der Waals surface area contributed by atoms with Gasteiger partial charge in [-0.1, -0.05) is 15.9 Å². The normalized spacial score (nSPS) is 9.86. The van der Waals surface area contributed by atoms with Crippen molar-refractivity contribution >= 4 is 33.2 Å². The molecule has 0 aliphatic rings. The number of benzene rings is 2. The number of nitrogens with one attached hydrogen (secondary N) is 2. The van der Waals surface area contributed by atoms with E-state index in [2.05, 4.69) is 26.6 Å². The molecule has 0 aliphatic heterocycles. The Kier molecular flexibility index (Phi) is 5.56. The molecule has 0 bridgehead atoms. The fourth-order valence-electron chi connectivity index (χ4n) is 1.99. The van der Waals surface area contributed by atoms with E-state index in [-0.39, 0.29) is 5.91 Å². The Morgan fingerprint density at radius 3 is 2.59 bits per heavy atom. The predicted octanol–water partition coefficient (Wildman–Crippen LogP) is 4.07. The number of rotatable bonds is 5. The van der Waals surface area contributed by atoms with Crippen LogP contribution in [0.5, 0.6) is 0 Å². The third-order valence-electron chi connectivity index (χ3n) is 3.15. The highest BCUT2D eigenvalue weighted by Gasteiger charge is 2.04. The molecule has 22 heavy (non-hydrogen) atoms. The Hall–Kier alpha value is -2.32. The van der Waals surface area contributed by atoms with Crippen LogP contribution in [-0.2, 0) is 4.79 Å². The van der Waals surface area contributed by atoms with Crippen molar-refractivity contribution in [1.29, 1.82) is 5.26 Å². The summed E-state index contributed by atoms with van der Waals surface area (Å²) in [6.07, 6.45) is 0.371. The second-order valence-electron chi connectivity index (χ2n) is 4.87. The second kappa shape index (κ2) is 7.62. The van der Waals surface area contributed by atoms with Crippen molar-refractivity contribution in [1.82, 2.24) is 0 Å². The van der Waals surface area contributed by atoms with Crippen molar-refractivity contribution in [2.75, 3.05) is 17.2 Å². The first-order chi connectivity index (χ1) is 10.6. The van der Waals surface area contributed by atoms with Crippen LogP contribution >= 0.6 is 15.9 Å². The number of anilines is 2. The lowest BCUT2D eigenvalue weighted by Gasteiger charge is -2.10. The Morgan fingerprint density at radius 2 is 1.95 bits per heavy atom. The molecular weight excluding hydrogens is 342 g/mol. The molecule has 5 heteroatoms. The van der Waals surface area contributed by atoms with Gasteiger partial charge in [0, 0.05) is 28.8 Å². The molecule has 2 aromatic carbocycles. The molecule has 4 nitrogen and oxygen atoms in total. The molecule has 0 saturated heterocycles. The number of nitriles is 1. The van der Waals surface area contributed by atoms with Crippen LogP contribution in [-0.4, -0.2) is 12.5 Å². The third kappa shape index (κ3) is 4.61. The topological polar surface area (TPSA) is 64.9 Å². The lowest BCUT2D eigenvalue weighted by Crippen LogP contribution is -2.16. The highest BCUT2D eigenvalue weighted by molar-refractivity contribution is 9.10. The van der Waals surface area contributed by atoms with Crippen molar-refractivity contribution in [2.24, 2.45) is 0 Å². The number of hydrogen-bond donors (Lipinski definition) is 2. The molecule has 0 aromatic heterocycles. The van der Waals surface area contributed by atoms with E-state index >= 15 is 0 Å². The lowest BCUT2D eigenvalue weighted by atomic mass is 10.2. The van der Waals surface area contributed by atoms with Crippen molar-refractivity contribution < 1.29 is 4.79 Å². The predicted molar refractivity (Wildman–Crippen MR) is 91.8 cm³/mol. The summed E-state index contributed by atoms with van der Waals surface area (Å²) in [5.74, 6) is -0.0630. The highest BCUT2D eigenvalue weighted by atomic mass is 79.9. The number of amides is 1. The summed E-state index contributed by atoms with van der Waals surface area (Å²) in [6.45, 7) is 2.58. The van der Waals surface area contributed by atoms with E-state index in [1.54, 1.807) is 24.3 Å². The average Bonchev–Trinajstić information content (AvgIpc) is 2.50. The summed E-state index contributed by atoms with van der Waals surface area (Å²) in [5, 5.41) is 14.8. The Morgan fingerprint density at radius 1 is 1.23 bits per heavy atom. The summed E-state index contributed by atoms with van der Waals surface area (Å²) in [7, 11) is 0. The van der Waals surface area contributed by atoms with Gasteiger partial charge in [-0.05, 0) is 55.0 Å². The number of nitrogens with zero attached hydrogens (tertiary/aromatic N) is 1. The number of halogens is 1. The lowest BCUT2D eigenvalue weighted by molar-refractivity contribution is -0.115. The first-order valence-corrected chi connectivity index (χ1v) is 7.68. The number of hydrogen-bond acceptors (Lipinski definition) is 3. The maximum Gasteiger partial charge on any atom is 0.226 e. The van der Waals surface area contributed by atoms with E-state index in [4.69, 9.17) is 5.26 Å². The van der Waals surface area contributed by atoms with E-state index in [1.807, 2.05) is 31.2 Å². The summed E-state index contributed by atoms with van der Waals surface area (Å²) in [4.78, 5) is 11.9. The van der Waals surface area contributed by atoms with Crippen LogP contribution in [0.25, 0.3) is 0 Å². The van der Waals surface area contributed by atoms with Crippen molar-refractivity contribution in [2.45, 2.75) is 13.3 Å². The van der Waals surface area contributed by atoms with Crippen LogP contribution in [0.2, 0.25) is 0 Å². The number of carbonyl (C=O) groups excluding carboxylic acids is 1. The van der Waals surface area contributed by atoms with Gasteiger partial charge in [-0.15, -0.1) is 0 Å². The molecule has 0 aliphatic carbocycles. The Labute approximate surface area is 138 Å². The third-order valence-corrected chi connectivity index (χ3v) is 3.65. The molecule has 112 valence electrons. The maximum atomic E-state index is 11.9. The van der Waals surface area contributed by atoms with Gasteiger partial charge >= 0.3 is 0 Å². The molecule has 2 rings (SSSR count). The highest BCUT2D eigenvalue weighted by Crippen LogP contribution is 2.19. The van der Waals surface area contributed by atoms with Crippen molar-refractivity contribution in [3.63, 3.8) is 0 Å². The molecule has 0 atom stereocenters. The van der Waals surface area contributed by atoms with Crippen molar-refractivity contribution in [3.8, 4) is 6.07 Å². The van der Waals surface area contributed by atoms with Crippen LogP contribution in [0.1, 0.15) is 17.5 Å². The SMILES string of the molecule is Cc1cc(Br)ccc1NCCC(=O)Nc1ccc(C#N)cc1. The van der Waals surface area contributed by atoms with Gasteiger partial charge in [0.05, 0.1) is 11.6 Å². The van der Waals surface area contributed by atoms with E-state index in [0.717, 1.165) is 15.7 Å². The fraction of sp³-hybridized carbons (Fsp3) is 0.176. The standard InChI is InChI=1S/C17H16BrN3O/c1-12-10-14(18)4-7-16(12)20-9-8-17(22)21-15-5-2-13(11-19)3-6-15/h2-7,10,20H,8-9H2,1H3,(H,21,22). The van der Waals surface area contributed by atoms with Gasteiger partial charge in [-0.2, -0.15) is 5.26 Å². The second-order valence-corrected chi connectivity index (χ2v) is 5.79. The maximum absolute atomic E-state index is 11.9. The number of carbonyl (C=O) groups is 1. The quantitative estimate of drug-likeness (QED) is 0.847. The van der Waals surface area contributed by atoms with Crippen LogP contribution in [0.4, 0.5) is 11.4 Å². The van der Waals surface area contributed by atoms with Crippen molar-refractivity contribution in [3.05, 3.63) is 58.1 Å². The molecule has 1 amide bonds. The largest absolute Gasteiger partial charge is 0.384 e. The molecule has 0 heterocycles. The molecule has 0 radical (unpaired) electrons. The number of aryl methyl sites for hydroxylation is 1. The average molecular weight is 358 g/mol. The van der Waals surface area contributed by atoms with Crippen LogP contribution < -0.4 is 10.6 Å². The zero-order valence-electron chi connectivity index (χ0n) is 12.2. The smallest absolute Gasteiger partial charge is 0.226 e. The van der Waals surface area contributed by atoms with Gasteiger partial charge in [-0.3, -0.25) is 4.79 Å². The summed E-state index contributed by atoms with van der Waals surface area (Å²) in [5.41, 5.74) is 3.42. The minimum atomic E-state index is -0.0630. The van der Waals surface area contributed by atoms with Gasteiger partial charge in [-0.25, -0.2) is 0 Å². The summed E-state index contributed by atoms with van der Waals surface area (Å²) in [6, 6.07) is 14.8. The Bertz CT molecular complexity index is 705. The molecule has 0 unspecified atom stereocenters. The van der Waals surface area contributed by atoms with Gasteiger partial charge in [0.1, 0.15) is 0 Å². The minimum Gasteiger partial charge on any atom is -0.384 e. The van der Waals surface area contributed by atoms with E-state index in [0.29, 0.717) is 24.2 Å². The molecule has 0 fully saturated rings. The van der Waals surface area contributed by atoms with E-state index in [1.165, 1.54) is 0 Å². The van der Waals surface area contributed by atoms with Gasteiger partial charge in [0.25, 0.3) is 0 Å². The Balaban J connectivity index is 1.81. The van der Waals surface area contributed by atoms with Gasteiger partial charge < -0.3 is 10.6 Å². The van der Waals surface area contributed by atoms with Gasteiger partial charge in [0.2, 0.25) is 5.91 Å². The van der Waals surface area contributed by atoms with Crippen LogP contribution in [0.15, 0.2) is 46.9 Å².